The Morgan fingerprint density at radius 2 is 1.86 bits per heavy atom. The monoisotopic (exact) mass is 293 g/mol. The van der Waals surface area contributed by atoms with Crippen molar-refractivity contribution in [2.75, 3.05) is 27.1 Å². The minimum absolute atomic E-state index is 0.0122. The van der Waals surface area contributed by atoms with E-state index in [1.54, 1.807) is 33.5 Å². The van der Waals surface area contributed by atoms with Crippen molar-refractivity contribution in [2.45, 2.75) is 19.4 Å². The second kappa shape index (κ2) is 6.45. The van der Waals surface area contributed by atoms with Gasteiger partial charge in [0, 0.05) is 25.3 Å². The van der Waals surface area contributed by atoms with Gasteiger partial charge in [-0.3, -0.25) is 0 Å². The van der Waals surface area contributed by atoms with E-state index in [4.69, 9.17) is 24.5 Å². The molecule has 0 aliphatic heterocycles. The Morgan fingerprint density at radius 3 is 2.48 bits per heavy atom. The molecule has 114 valence electrons. The largest absolute Gasteiger partial charge is 0.493 e. The molecule has 0 amide bonds. The molecular weight excluding hydrogens is 274 g/mol. The average Bonchev–Trinajstić information content (AvgIpc) is 2.94. The molecule has 2 rings (SSSR count). The van der Waals surface area contributed by atoms with Gasteiger partial charge in [0.25, 0.3) is 5.89 Å². The van der Waals surface area contributed by atoms with Crippen molar-refractivity contribution >= 4 is 5.69 Å². The van der Waals surface area contributed by atoms with Crippen LogP contribution in [0.1, 0.15) is 12.7 Å². The van der Waals surface area contributed by atoms with Crippen molar-refractivity contribution in [3.63, 3.8) is 0 Å². The highest BCUT2D eigenvalue weighted by Crippen LogP contribution is 2.36. The Morgan fingerprint density at radius 1 is 1.19 bits per heavy atom. The number of nitrogen functional groups attached to an aromatic ring is 1. The van der Waals surface area contributed by atoms with E-state index >= 15 is 0 Å². The molecule has 7 heteroatoms. The van der Waals surface area contributed by atoms with Crippen molar-refractivity contribution < 1.29 is 18.7 Å². The summed E-state index contributed by atoms with van der Waals surface area (Å²) in [6.07, 6.45) is 0.575. The van der Waals surface area contributed by atoms with Crippen LogP contribution < -0.4 is 15.2 Å². The molecule has 1 aromatic carbocycles. The predicted octanol–water partition coefficient (Wildman–Crippen LogP) is 1.91. The molecule has 2 N–H and O–H groups in total. The number of nitrogens with zero attached hydrogens (tertiary/aromatic N) is 2. The summed E-state index contributed by atoms with van der Waals surface area (Å²) in [4.78, 5) is 4.33. The summed E-state index contributed by atoms with van der Waals surface area (Å²) < 4.78 is 20.9. The second-order valence-electron chi connectivity index (χ2n) is 4.56. The third kappa shape index (κ3) is 3.25. The second-order valence-corrected chi connectivity index (χ2v) is 4.56. The van der Waals surface area contributed by atoms with Crippen LogP contribution in [0, 0.1) is 0 Å². The maximum absolute atomic E-state index is 6.00. The number of hydrogen-bond acceptors (Lipinski definition) is 7. The van der Waals surface area contributed by atoms with Gasteiger partial charge in [-0.05, 0) is 13.0 Å². The van der Waals surface area contributed by atoms with Gasteiger partial charge in [0.1, 0.15) is 0 Å². The Bertz CT molecular complexity index is 612. The first kappa shape index (κ1) is 15.1. The molecule has 0 spiro atoms. The lowest BCUT2D eigenvalue weighted by atomic mass is 10.1. The first-order valence-electron chi connectivity index (χ1n) is 6.46. The molecule has 1 atom stereocenters. The van der Waals surface area contributed by atoms with Gasteiger partial charge in [-0.2, -0.15) is 4.98 Å². The minimum atomic E-state index is 0.0122. The molecular formula is C14H19N3O4. The van der Waals surface area contributed by atoms with Crippen LogP contribution in [0.3, 0.4) is 0 Å². The highest BCUT2D eigenvalue weighted by atomic mass is 16.5. The highest BCUT2D eigenvalue weighted by Gasteiger charge is 2.17. The van der Waals surface area contributed by atoms with E-state index in [0.29, 0.717) is 40.9 Å². The zero-order chi connectivity index (χ0) is 15.4. The van der Waals surface area contributed by atoms with E-state index in [2.05, 4.69) is 10.1 Å². The fraction of sp³-hybridized carbons (Fsp3) is 0.429. The van der Waals surface area contributed by atoms with Gasteiger partial charge in [-0.1, -0.05) is 5.16 Å². The summed E-state index contributed by atoms with van der Waals surface area (Å²) >= 11 is 0. The van der Waals surface area contributed by atoms with Crippen LogP contribution in [0.25, 0.3) is 11.5 Å². The molecule has 7 nitrogen and oxygen atoms in total. The quantitative estimate of drug-likeness (QED) is 0.813. The van der Waals surface area contributed by atoms with E-state index in [1.165, 1.54) is 0 Å². The van der Waals surface area contributed by atoms with Crippen LogP contribution in [0.15, 0.2) is 16.7 Å². The van der Waals surface area contributed by atoms with E-state index < -0.39 is 0 Å². The lowest BCUT2D eigenvalue weighted by Gasteiger charge is -2.10. The lowest BCUT2D eigenvalue weighted by molar-refractivity contribution is 0.116. The van der Waals surface area contributed by atoms with Crippen LogP contribution in [-0.4, -0.2) is 37.6 Å². The van der Waals surface area contributed by atoms with E-state index in [-0.39, 0.29) is 6.10 Å². The Balaban J connectivity index is 2.33. The Kier molecular flexibility index (Phi) is 4.64. The minimum Gasteiger partial charge on any atom is -0.493 e. The predicted molar refractivity (Wildman–Crippen MR) is 77.4 cm³/mol. The van der Waals surface area contributed by atoms with Crippen molar-refractivity contribution in [1.29, 1.82) is 0 Å². The lowest BCUT2D eigenvalue weighted by Crippen LogP contribution is -2.09. The van der Waals surface area contributed by atoms with Gasteiger partial charge in [0.15, 0.2) is 17.3 Å². The van der Waals surface area contributed by atoms with E-state index in [1.807, 2.05) is 6.92 Å². The van der Waals surface area contributed by atoms with Gasteiger partial charge < -0.3 is 24.5 Å². The zero-order valence-corrected chi connectivity index (χ0v) is 12.5. The number of methoxy groups -OCH3 is 3. The summed E-state index contributed by atoms with van der Waals surface area (Å²) in [6.45, 7) is 1.93. The number of nitrogens with two attached hydrogens (primary N) is 1. The van der Waals surface area contributed by atoms with Crippen LogP contribution in [0.2, 0.25) is 0 Å². The maximum atomic E-state index is 6.00. The molecule has 0 aliphatic rings. The molecule has 0 saturated carbocycles. The molecule has 0 fully saturated rings. The molecule has 0 bridgehead atoms. The van der Waals surface area contributed by atoms with Gasteiger partial charge in [-0.25, -0.2) is 0 Å². The van der Waals surface area contributed by atoms with Gasteiger partial charge >= 0.3 is 0 Å². The zero-order valence-electron chi connectivity index (χ0n) is 12.5. The summed E-state index contributed by atoms with van der Waals surface area (Å²) in [5.74, 6) is 2.00. The van der Waals surface area contributed by atoms with Crippen molar-refractivity contribution in [2.24, 2.45) is 0 Å². The molecule has 0 radical (unpaired) electrons. The maximum Gasteiger partial charge on any atom is 0.260 e. The highest BCUT2D eigenvalue weighted by molar-refractivity contribution is 5.75. The molecule has 21 heavy (non-hydrogen) atoms. The van der Waals surface area contributed by atoms with Crippen LogP contribution in [0.4, 0.5) is 5.69 Å². The number of aromatic nitrogens is 2. The van der Waals surface area contributed by atoms with Gasteiger partial charge in [0.2, 0.25) is 0 Å². The Hall–Kier alpha value is -2.28. The van der Waals surface area contributed by atoms with Gasteiger partial charge in [0.05, 0.1) is 25.9 Å². The van der Waals surface area contributed by atoms with Crippen LogP contribution >= 0.6 is 0 Å². The fourth-order valence-corrected chi connectivity index (χ4v) is 1.87. The SMILES string of the molecule is COc1cc(N)c(-c2nc(CC(C)OC)no2)cc1OC. The standard InChI is InChI=1S/C14H19N3O4/c1-8(18-2)5-13-16-14(21-17-13)9-6-11(19-3)12(20-4)7-10(9)15/h6-8H,5,15H2,1-4H3. The molecule has 1 aromatic heterocycles. The summed E-state index contributed by atoms with van der Waals surface area (Å²) in [5.41, 5.74) is 7.08. The summed E-state index contributed by atoms with van der Waals surface area (Å²) in [7, 11) is 4.74. The molecule has 1 unspecified atom stereocenters. The van der Waals surface area contributed by atoms with Crippen molar-refractivity contribution in [3.05, 3.63) is 18.0 Å². The number of benzene rings is 1. The molecule has 1 heterocycles. The smallest absolute Gasteiger partial charge is 0.260 e. The first-order chi connectivity index (χ1) is 10.1. The van der Waals surface area contributed by atoms with Crippen LogP contribution in [0.5, 0.6) is 11.5 Å². The van der Waals surface area contributed by atoms with E-state index in [9.17, 15) is 0 Å². The first-order valence-corrected chi connectivity index (χ1v) is 6.46. The third-order valence-corrected chi connectivity index (χ3v) is 3.13. The van der Waals surface area contributed by atoms with E-state index in [0.717, 1.165) is 0 Å². The number of rotatable bonds is 6. The summed E-state index contributed by atoms with van der Waals surface area (Å²) in [5, 5.41) is 3.93. The van der Waals surface area contributed by atoms with Gasteiger partial charge in [-0.15, -0.1) is 0 Å². The van der Waals surface area contributed by atoms with Crippen LogP contribution in [-0.2, 0) is 11.2 Å². The molecule has 2 aromatic rings. The Labute approximate surface area is 123 Å². The van der Waals surface area contributed by atoms with Crippen molar-refractivity contribution in [1.82, 2.24) is 10.1 Å². The number of hydrogen-bond donors (Lipinski definition) is 1. The van der Waals surface area contributed by atoms with Crippen molar-refractivity contribution in [3.8, 4) is 23.0 Å². The summed E-state index contributed by atoms with van der Waals surface area (Å²) in [6, 6.07) is 3.38. The third-order valence-electron chi connectivity index (χ3n) is 3.13. The average molecular weight is 293 g/mol. The molecule has 0 saturated heterocycles. The number of anilines is 1. The topological polar surface area (TPSA) is 92.6 Å². The number of ether oxygens (including phenoxy) is 3. The normalized spacial score (nSPS) is 12.2. The fourth-order valence-electron chi connectivity index (χ4n) is 1.87. The molecule has 0 aliphatic carbocycles.